The van der Waals surface area contributed by atoms with Gasteiger partial charge in [0.1, 0.15) is 12.0 Å². The lowest BCUT2D eigenvalue weighted by atomic mass is 10.2. The Hall–Kier alpha value is -2.34. The van der Waals surface area contributed by atoms with Crippen molar-refractivity contribution in [2.45, 2.75) is 0 Å². The van der Waals surface area contributed by atoms with Gasteiger partial charge in [-0.25, -0.2) is 4.79 Å². The summed E-state index contributed by atoms with van der Waals surface area (Å²) in [7, 11) is 2.98. The molecule has 0 spiro atoms. The van der Waals surface area contributed by atoms with Crippen LogP contribution in [0.5, 0.6) is 17.2 Å². The van der Waals surface area contributed by atoms with E-state index in [0.29, 0.717) is 33.4 Å². The van der Waals surface area contributed by atoms with Gasteiger partial charge in [0, 0.05) is 5.56 Å². The minimum atomic E-state index is -0.541. The monoisotopic (exact) mass is 364 g/mol. The lowest BCUT2D eigenvalue weighted by molar-refractivity contribution is 0.0728. The maximum Gasteiger partial charge on any atom is 0.343 e. The third-order valence-corrected chi connectivity index (χ3v) is 3.50. The van der Waals surface area contributed by atoms with Crippen LogP contribution in [0.25, 0.3) is 0 Å². The number of hydrogen-bond donors (Lipinski definition) is 0. The van der Waals surface area contributed by atoms with Crippen LogP contribution < -0.4 is 14.2 Å². The summed E-state index contributed by atoms with van der Waals surface area (Å²) >= 11 is 3.27. The van der Waals surface area contributed by atoms with Crippen LogP contribution in [-0.2, 0) is 0 Å². The smallest absolute Gasteiger partial charge is 0.343 e. The molecule has 0 unspecified atom stereocenters. The summed E-state index contributed by atoms with van der Waals surface area (Å²) in [6.45, 7) is 0. The van der Waals surface area contributed by atoms with Crippen LogP contribution in [0.4, 0.5) is 0 Å². The van der Waals surface area contributed by atoms with Crippen molar-refractivity contribution in [3.63, 3.8) is 0 Å². The minimum absolute atomic E-state index is 0.217. The molecule has 0 fully saturated rings. The van der Waals surface area contributed by atoms with Crippen molar-refractivity contribution >= 4 is 28.2 Å². The second-order valence-corrected chi connectivity index (χ2v) is 5.12. The molecule has 0 radical (unpaired) electrons. The van der Waals surface area contributed by atoms with E-state index in [1.54, 1.807) is 37.4 Å². The topological polar surface area (TPSA) is 61.8 Å². The van der Waals surface area contributed by atoms with E-state index in [-0.39, 0.29) is 5.75 Å². The van der Waals surface area contributed by atoms with Gasteiger partial charge in [0.2, 0.25) is 0 Å². The van der Waals surface area contributed by atoms with E-state index in [9.17, 15) is 9.59 Å². The first-order chi connectivity index (χ1) is 10.6. The summed E-state index contributed by atoms with van der Waals surface area (Å²) in [5.41, 5.74) is 0.780. The number of halogens is 1. The molecular weight excluding hydrogens is 352 g/mol. The molecule has 2 aromatic rings. The molecule has 0 saturated heterocycles. The average molecular weight is 365 g/mol. The van der Waals surface area contributed by atoms with Crippen molar-refractivity contribution in [2.75, 3.05) is 14.2 Å². The maximum absolute atomic E-state index is 12.2. The molecule has 114 valence electrons. The highest BCUT2D eigenvalue weighted by Gasteiger charge is 2.17. The van der Waals surface area contributed by atoms with Crippen LogP contribution in [-0.4, -0.2) is 26.5 Å². The standard InChI is InChI=1S/C16H13BrO5/c1-20-12-5-3-11(4-6-12)16(19)22-15-13(17)7-10(9-18)8-14(15)21-2/h3-9H,1-2H3. The molecule has 6 heteroatoms. The van der Waals surface area contributed by atoms with E-state index in [2.05, 4.69) is 15.9 Å². The molecule has 2 aromatic carbocycles. The van der Waals surface area contributed by atoms with Gasteiger partial charge in [-0.1, -0.05) is 0 Å². The number of ether oxygens (including phenoxy) is 3. The van der Waals surface area contributed by atoms with Crippen LogP contribution in [0.15, 0.2) is 40.9 Å². The highest BCUT2D eigenvalue weighted by Crippen LogP contribution is 2.36. The van der Waals surface area contributed by atoms with Crippen molar-refractivity contribution in [2.24, 2.45) is 0 Å². The molecule has 0 aliphatic rings. The Morgan fingerprint density at radius 3 is 2.32 bits per heavy atom. The molecule has 0 aliphatic heterocycles. The van der Waals surface area contributed by atoms with Crippen molar-refractivity contribution in [1.29, 1.82) is 0 Å². The molecule has 0 heterocycles. The number of methoxy groups -OCH3 is 2. The van der Waals surface area contributed by atoms with Gasteiger partial charge in [0.25, 0.3) is 0 Å². The molecule has 0 atom stereocenters. The van der Waals surface area contributed by atoms with Crippen LogP contribution >= 0.6 is 15.9 Å². The quantitative estimate of drug-likeness (QED) is 0.461. The molecule has 5 nitrogen and oxygen atoms in total. The third-order valence-electron chi connectivity index (χ3n) is 2.91. The zero-order valence-electron chi connectivity index (χ0n) is 12.0. The predicted molar refractivity (Wildman–Crippen MR) is 84.0 cm³/mol. The van der Waals surface area contributed by atoms with Gasteiger partial charge in [0.15, 0.2) is 11.5 Å². The second kappa shape index (κ2) is 7.09. The van der Waals surface area contributed by atoms with E-state index in [1.807, 2.05) is 0 Å². The molecule has 22 heavy (non-hydrogen) atoms. The summed E-state index contributed by atoms with van der Waals surface area (Å²) in [4.78, 5) is 23.0. The first-order valence-electron chi connectivity index (χ1n) is 6.28. The summed E-state index contributed by atoms with van der Waals surface area (Å²) in [6, 6.07) is 9.57. The summed E-state index contributed by atoms with van der Waals surface area (Å²) in [5.74, 6) is 0.610. The summed E-state index contributed by atoms with van der Waals surface area (Å²) < 4.78 is 16.0. The number of esters is 1. The predicted octanol–water partition coefficient (Wildman–Crippen LogP) is 3.50. The number of benzene rings is 2. The first kappa shape index (κ1) is 16.0. The summed E-state index contributed by atoms with van der Waals surface area (Å²) in [6.07, 6.45) is 0.683. The zero-order valence-corrected chi connectivity index (χ0v) is 13.5. The van der Waals surface area contributed by atoms with Gasteiger partial charge in [-0.15, -0.1) is 0 Å². The van der Waals surface area contributed by atoms with Crippen LogP contribution in [0.2, 0.25) is 0 Å². The van der Waals surface area contributed by atoms with Gasteiger partial charge < -0.3 is 14.2 Å². The van der Waals surface area contributed by atoms with Gasteiger partial charge in [-0.05, 0) is 52.3 Å². The first-order valence-corrected chi connectivity index (χ1v) is 7.07. The normalized spacial score (nSPS) is 9.95. The molecule has 0 aromatic heterocycles. The van der Waals surface area contributed by atoms with Crippen LogP contribution in [0, 0.1) is 0 Å². The van der Waals surface area contributed by atoms with E-state index >= 15 is 0 Å². The Balaban J connectivity index is 2.29. The third kappa shape index (κ3) is 3.46. The number of aldehydes is 1. The maximum atomic E-state index is 12.2. The number of hydrogen-bond acceptors (Lipinski definition) is 5. The van der Waals surface area contributed by atoms with E-state index in [1.165, 1.54) is 13.2 Å². The Labute approximate surface area is 135 Å². The molecule has 0 N–H and O–H groups in total. The number of carbonyl (C=O) groups excluding carboxylic acids is 2. The van der Waals surface area contributed by atoms with Crippen LogP contribution in [0.1, 0.15) is 20.7 Å². The Morgan fingerprint density at radius 2 is 1.77 bits per heavy atom. The molecule has 0 aliphatic carbocycles. The lowest BCUT2D eigenvalue weighted by Crippen LogP contribution is -2.10. The Morgan fingerprint density at radius 1 is 1.09 bits per heavy atom. The SMILES string of the molecule is COc1ccc(C(=O)Oc2c(Br)cc(C=O)cc2OC)cc1. The highest BCUT2D eigenvalue weighted by atomic mass is 79.9. The summed E-state index contributed by atoms with van der Waals surface area (Å²) in [5, 5.41) is 0. The fraction of sp³-hybridized carbons (Fsp3) is 0.125. The lowest BCUT2D eigenvalue weighted by Gasteiger charge is -2.12. The molecule has 0 saturated carbocycles. The second-order valence-electron chi connectivity index (χ2n) is 4.27. The van der Waals surface area contributed by atoms with Gasteiger partial charge in [0.05, 0.1) is 24.3 Å². The average Bonchev–Trinajstić information content (AvgIpc) is 2.56. The van der Waals surface area contributed by atoms with Gasteiger partial charge in [-0.3, -0.25) is 4.79 Å². The van der Waals surface area contributed by atoms with Crippen LogP contribution in [0.3, 0.4) is 0 Å². The molecule has 2 rings (SSSR count). The van der Waals surface area contributed by atoms with Crippen molar-refractivity contribution in [3.8, 4) is 17.2 Å². The number of rotatable bonds is 5. The Bertz CT molecular complexity index is 694. The highest BCUT2D eigenvalue weighted by molar-refractivity contribution is 9.10. The largest absolute Gasteiger partial charge is 0.497 e. The molecule has 0 bridgehead atoms. The van der Waals surface area contributed by atoms with Crippen molar-refractivity contribution in [3.05, 3.63) is 52.0 Å². The minimum Gasteiger partial charge on any atom is -0.497 e. The number of carbonyl (C=O) groups is 2. The van der Waals surface area contributed by atoms with E-state index in [4.69, 9.17) is 14.2 Å². The van der Waals surface area contributed by atoms with E-state index in [0.717, 1.165) is 0 Å². The fourth-order valence-corrected chi connectivity index (χ4v) is 2.33. The Kier molecular flexibility index (Phi) is 5.16. The fourth-order valence-electron chi connectivity index (χ4n) is 1.79. The molecule has 0 amide bonds. The molecular formula is C16H13BrO5. The zero-order chi connectivity index (χ0) is 16.1. The van der Waals surface area contributed by atoms with Gasteiger partial charge >= 0.3 is 5.97 Å². The van der Waals surface area contributed by atoms with E-state index < -0.39 is 5.97 Å². The van der Waals surface area contributed by atoms with Gasteiger partial charge in [-0.2, -0.15) is 0 Å². The van der Waals surface area contributed by atoms with Crippen molar-refractivity contribution < 1.29 is 23.8 Å². The van der Waals surface area contributed by atoms with Crippen molar-refractivity contribution in [1.82, 2.24) is 0 Å².